The van der Waals surface area contributed by atoms with Crippen LogP contribution in [-0.4, -0.2) is 44.5 Å². The number of hydrogen-bond acceptors (Lipinski definition) is 4. The summed E-state index contributed by atoms with van der Waals surface area (Å²) in [5.41, 5.74) is 7.86. The van der Waals surface area contributed by atoms with E-state index in [2.05, 4.69) is 59.5 Å². The molecule has 0 radical (unpaired) electrons. The number of piperidine rings is 1. The van der Waals surface area contributed by atoms with Crippen molar-refractivity contribution < 1.29 is 4.79 Å². The Kier molecular flexibility index (Phi) is 5.66. The molecular formula is C29H29N5O. The van der Waals surface area contributed by atoms with Gasteiger partial charge in [0.05, 0.1) is 5.69 Å². The number of carbonyl (C=O) groups excluding carboxylic acids is 1. The van der Waals surface area contributed by atoms with E-state index in [1.807, 2.05) is 33.8 Å². The Bertz CT molecular complexity index is 1380. The van der Waals surface area contributed by atoms with Crippen LogP contribution in [0, 0.1) is 0 Å². The standard InChI is InChI=1S/C29H29N5O/c1-2-27(35)33-17-14-23(15-18-33)31-25-13-11-21-19-22(10-12-24(21)25)28-29(20-7-4-3-5-8-20)34-26(32-28)9-6-16-30-34/h2-10,12,16,19,23,25,31H,1,11,13-15,17-18H2/t25-/m0/s1. The van der Waals surface area contributed by atoms with Gasteiger partial charge in [0.25, 0.3) is 0 Å². The lowest BCUT2D eigenvalue weighted by atomic mass is 9.99. The Morgan fingerprint density at radius 2 is 1.83 bits per heavy atom. The van der Waals surface area contributed by atoms with Gasteiger partial charge in [0, 0.05) is 42.5 Å². The third-order valence-corrected chi connectivity index (χ3v) is 7.35. The first-order valence-corrected chi connectivity index (χ1v) is 12.4. The Morgan fingerprint density at radius 1 is 1.00 bits per heavy atom. The van der Waals surface area contributed by atoms with Crippen molar-refractivity contribution in [2.45, 2.75) is 37.8 Å². The predicted octanol–water partition coefficient (Wildman–Crippen LogP) is 4.82. The maximum absolute atomic E-state index is 11.9. The fraction of sp³-hybridized carbons (Fsp3) is 0.276. The van der Waals surface area contributed by atoms with Gasteiger partial charge >= 0.3 is 0 Å². The highest BCUT2D eigenvalue weighted by Crippen LogP contribution is 2.38. The van der Waals surface area contributed by atoms with Crippen LogP contribution in [-0.2, 0) is 11.2 Å². The Morgan fingerprint density at radius 3 is 2.63 bits per heavy atom. The topological polar surface area (TPSA) is 62.5 Å². The van der Waals surface area contributed by atoms with Gasteiger partial charge in [0.2, 0.25) is 5.91 Å². The summed E-state index contributed by atoms with van der Waals surface area (Å²) in [6, 6.07) is 21.9. The number of nitrogens with zero attached hydrogens (tertiary/aromatic N) is 4. The van der Waals surface area contributed by atoms with Crippen molar-refractivity contribution in [3.8, 4) is 22.5 Å². The van der Waals surface area contributed by atoms with E-state index in [0.29, 0.717) is 12.1 Å². The molecule has 1 amide bonds. The van der Waals surface area contributed by atoms with E-state index in [1.165, 1.54) is 17.2 Å². The third kappa shape index (κ3) is 4.04. The molecule has 1 atom stereocenters. The minimum absolute atomic E-state index is 0.0409. The van der Waals surface area contributed by atoms with Crippen LogP contribution < -0.4 is 5.32 Å². The molecule has 0 saturated carbocycles. The Balaban J connectivity index is 1.26. The van der Waals surface area contributed by atoms with Gasteiger partial charge in [-0.2, -0.15) is 5.10 Å². The van der Waals surface area contributed by atoms with E-state index in [4.69, 9.17) is 4.98 Å². The molecule has 2 aromatic carbocycles. The van der Waals surface area contributed by atoms with Gasteiger partial charge in [-0.25, -0.2) is 9.50 Å². The molecule has 35 heavy (non-hydrogen) atoms. The van der Waals surface area contributed by atoms with Crippen LogP contribution in [0.4, 0.5) is 0 Å². The molecule has 6 nitrogen and oxygen atoms in total. The molecule has 1 aliphatic heterocycles. The molecule has 0 spiro atoms. The summed E-state index contributed by atoms with van der Waals surface area (Å²) in [6.45, 7) is 5.20. The van der Waals surface area contributed by atoms with Crippen molar-refractivity contribution in [3.63, 3.8) is 0 Å². The fourth-order valence-electron chi connectivity index (χ4n) is 5.56. The van der Waals surface area contributed by atoms with Crippen LogP contribution >= 0.6 is 0 Å². The normalized spacial score (nSPS) is 18.1. The molecule has 3 heterocycles. The van der Waals surface area contributed by atoms with Gasteiger partial charge < -0.3 is 10.2 Å². The maximum atomic E-state index is 11.9. The summed E-state index contributed by atoms with van der Waals surface area (Å²) in [4.78, 5) is 18.7. The fourth-order valence-corrected chi connectivity index (χ4v) is 5.56. The molecule has 1 N–H and O–H groups in total. The summed E-state index contributed by atoms with van der Waals surface area (Å²) in [5, 5.41) is 8.46. The molecule has 176 valence electrons. The number of carbonyl (C=O) groups is 1. The lowest BCUT2D eigenvalue weighted by Gasteiger charge is -2.33. The molecule has 6 rings (SSSR count). The van der Waals surface area contributed by atoms with E-state index in [0.717, 1.165) is 66.9 Å². The van der Waals surface area contributed by atoms with Gasteiger partial charge in [0.1, 0.15) is 5.69 Å². The Hall–Kier alpha value is -3.77. The summed E-state index contributed by atoms with van der Waals surface area (Å²) in [5.74, 6) is 0.0409. The largest absolute Gasteiger partial charge is 0.339 e. The van der Waals surface area contributed by atoms with E-state index in [-0.39, 0.29) is 5.91 Å². The second-order valence-electron chi connectivity index (χ2n) is 9.44. The first-order valence-electron chi connectivity index (χ1n) is 12.4. The second-order valence-corrected chi connectivity index (χ2v) is 9.44. The second kappa shape index (κ2) is 9.12. The van der Waals surface area contributed by atoms with E-state index < -0.39 is 0 Å². The Labute approximate surface area is 205 Å². The summed E-state index contributed by atoms with van der Waals surface area (Å²) < 4.78 is 1.94. The lowest BCUT2D eigenvalue weighted by Crippen LogP contribution is -2.45. The number of amides is 1. The molecular weight excluding hydrogens is 434 g/mol. The number of likely N-dealkylation sites (tertiary alicyclic amines) is 1. The minimum atomic E-state index is 0.0409. The van der Waals surface area contributed by atoms with Gasteiger partial charge in [-0.1, -0.05) is 49.0 Å². The summed E-state index contributed by atoms with van der Waals surface area (Å²) in [7, 11) is 0. The zero-order valence-electron chi connectivity index (χ0n) is 19.7. The quantitative estimate of drug-likeness (QED) is 0.431. The SMILES string of the molecule is C=CC(=O)N1CCC(N[C@H]2CCc3cc(-c4nc5cccnn5c4-c4ccccc4)ccc32)CC1. The van der Waals surface area contributed by atoms with Crippen LogP contribution in [0.3, 0.4) is 0 Å². The van der Waals surface area contributed by atoms with Crippen LogP contribution in [0.25, 0.3) is 28.2 Å². The predicted molar refractivity (Wildman–Crippen MR) is 138 cm³/mol. The molecule has 6 heteroatoms. The zero-order valence-corrected chi connectivity index (χ0v) is 19.7. The van der Waals surface area contributed by atoms with Crippen molar-refractivity contribution >= 4 is 11.6 Å². The number of aryl methyl sites for hydroxylation is 1. The summed E-state index contributed by atoms with van der Waals surface area (Å²) in [6.07, 6.45) is 7.35. The lowest BCUT2D eigenvalue weighted by molar-refractivity contribution is -0.127. The molecule has 1 saturated heterocycles. The molecule has 0 unspecified atom stereocenters. The van der Waals surface area contributed by atoms with Crippen molar-refractivity contribution in [3.05, 3.63) is 90.6 Å². The third-order valence-electron chi connectivity index (χ3n) is 7.35. The highest BCUT2D eigenvalue weighted by Gasteiger charge is 2.28. The smallest absolute Gasteiger partial charge is 0.245 e. The first-order chi connectivity index (χ1) is 17.2. The first kappa shape index (κ1) is 21.7. The number of fused-ring (bicyclic) bond motifs is 2. The number of rotatable bonds is 5. The van der Waals surface area contributed by atoms with Gasteiger partial charge in [-0.3, -0.25) is 4.79 Å². The molecule has 2 aromatic heterocycles. The van der Waals surface area contributed by atoms with Crippen LogP contribution in [0.1, 0.15) is 36.4 Å². The zero-order chi connectivity index (χ0) is 23.8. The van der Waals surface area contributed by atoms with Crippen molar-refractivity contribution in [1.29, 1.82) is 0 Å². The number of hydrogen-bond donors (Lipinski definition) is 1. The average molecular weight is 464 g/mol. The number of benzene rings is 2. The molecule has 2 aliphatic rings. The molecule has 4 aromatic rings. The maximum Gasteiger partial charge on any atom is 0.245 e. The van der Waals surface area contributed by atoms with Gasteiger partial charge in [0.15, 0.2) is 5.65 Å². The van der Waals surface area contributed by atoms with Crippen molar-refractivity contribution in [2.24, 2.45) is 0 Å². The molecule has 1 aliphatic carbocycles. The molecule has 0 bridgehead atoms. The van der Waals surface area contributed by atoms with E-state index in [1.54, 1.807) is 0 Å². The monoisotopic (exact) mass is 463 g/mol. The highest BCUT2D eigenvalue weighted by molar-refractivity contribution is 5.87. The summed E-state index contributed by atoms with van der Waals surface area (Å²) >= 11 is 0. The van der Waals surface area contributed by atoms with Crippen LogP contribution in [0.5, 0.6) is 0 Å². The minimum Gasteiger partial charge on any atom is -0.339 e. The van der Waals surface area contributed by atoms with Gasteiger partial charge in [-0.05, 0) is 61.1 Å². The number of imidazole rings is 1. The highest BCUT2D eigenvalue weighted by atomic mass is 16.2. The molecule has 1 fully saturated rings. The van der Waals surface area contributed by atoms with Crippen molar-refractivity contribution in [2.75, 3.05) is 13.1 Å². The average Bonchev–Trinajstić information content (AvgIpc) is 3.50. The number of nitrogens with one attached hydrogen (secondary N) is 1. The van der Waals surface area contributed by atoms with Crippen LogP contribution in [0.15, 0.2) is 79.5 Å². The van der Waals surface area contributed by atoms with Gasteiger partial charge in [-0.15, -0.1) is 0 Å². The number of aromatic nitrogens is 3. The van der Waals surface area contributed by atoms with Crippen molar-refractivity contribution in [1.82, 2.24) is 24.8 Å². The van der Waals surface area contributed by atoms with E-state index >= 15 is 0 Å². The van der Waals surface area contributed by atoms with E-state index in [9.17, 15) is 4.79 Å². The van der Waals surface area contributed by atoms with Crippen LogP contribution in [0.2, 0.25) is 0 Å².